The molecule has 4 bridgehead atoms. The van der Waals surface area contributed by atoms with Crippen LogP contribution in [0.15, 0.2) is 24.3 Å². The van der Waals surface area contributed by atoms with E-state index in [0.717, 1.165) is 39.9 Å². The summed E-state index contributed by atoms with van der Waals surface area (Å²) in [5.41, 5.74) is 2.97. The van der Waals surface area contributed by atoms with Gasteiger partial charge in [0, 0.05) is 6.54 Å². The first-order valence-electron chi connectivity index (χ1n) is 8.59. The second-order valence-electron chi connectivity index (χ2n) is 7.33. The second kappa shape index (κ2) is 5.28. The van der Waals surface area contributed by atoms with Crippen LogP contribution in [0.2, 0.25) is 0 Å². The van der Waals surface area contributed by atoms with Gasteiger partial charge in [-0.1, -0.05) is 24.3 Å². The minimum absolute atomic E-state index is 0.478. The molecule has 5 aliphatic rings. The Bertz CT molecular complexity index is 526. The summed E-state index contributed by atoms with van der Waals surface area (Å²) >= 11 is 0. The Hall–Kier alpha value is -0.980. The molecular weight excluding hydrogens is 274 g/mol. The van der Waals surface area contributed by atoms with Crippen molar-refractivity contribution in [2.75, 3.05) is 46.4 Å². The predicted octanol–water partition coefficient (Wildman–Crippen LogP) is 1.32. The zero-order valence-electron chi connectivity index (χ0n) is 13.2. The predicted molar refractivity (Wildman–Crippen MR) is 85.4 cm³/mol. The zero-order chi connectivity index (χ0) is 14.5. The lowest BCUT2D eigenvalue weighted by Gasteiger charge is -2.60. The molecule has 0 saturated carbocycles. The summed E-state index contributed by atoms with van der Waals surface area (Å²) in [6.45, 7) is 9.29. The molecule has 0 spiro atoms. The molecule has 22 heavy (non-hydrogen) atoms. The third-order valence-electron chi connectivity index (χ3n) is 5.47. The molecule has 5 aliphatic heterocycles. The summed E-state index contributed by atoms with van der Waals surface area (Å²) in [5, 5.41) is 0. The van der Waals surface area contributed by atoms with Crippen LogP contribution in [-0.4, -0.2) is 70.9 Å². The van der Waals surface area contributed by atoms with Gasteiger partial charge in [-0.3, -0.25) is 24.5 Å². The van der Waals surface area contributed by atoms with Crippen molar-refractivity contribution in [2.45, 2.75) is 25.6 Å². The van der Waals surface area contributed by atoms with Crippen LogP contribution >= 0.6 is 0 Å². The van der Waals surface area contributed by atoms with E-state index >= 15 is 0 Å². The molecule has 0 unspecified atom stereocenters. The van der Waals surface area contributed by atoms with Gasteiger partial charge in [-0.25, -0.2) is 0 Å². The van der Waals surface area contributed by atoms with E-state index in [9.17, 15) is 0 Å². The second-order valence-corrected chi connectivity index (χ2v) is 7.33. The van der Waals surface area contributed by atoms with Crippen LogP contribution in [0.4, 0.5) is 0 Å². The van der Waals surface area contributed by atoms with E-state index in [-0.39, 0.29) is 0 Å². The first-order valence-corrected chi connectivity index (χ1v) is 8.59. The molecular formula is C17H25N5. The number of rotatable bonds is 3. The first-order chi connectivity index (χ1) is 10.8. The van der Waals surface area contributed by atoms with Gasteiger partial charge in [0.1, 0.15) is 0 Å². The fraction of sp³-hybridized carbons (Fsp3) is 0.647. The van der Waals surface area contributed by atoms with E-state index in [2.05, 4.69) is 48.8 Å². The van der Waals surface area contributed by atoms with Crippen molar-refractivity contribution < 1.29 is 0 Å². The van der Waals surface area contributed by atoms with E-state index in [1.54, 1.807) is 0 Å². The van der Waals surface area contributed by atoms with Gasteiger partial charge in [0.2, 0.25) is 0 Å². The molecule has 118 valence electrons. The van der Waals surface area contributed by atoms with Gasteiger partial charge in [-0.15, -0.1) is 0 Å². The third-order valence-corrected chi connectivity index (χ3v) is 5.47. The summed E-state index contributed by atoms with van der Waals surface area (Å²) in [4.78, 5) is 12.8. The Morgan fingerprint density at radius 1 is 0.864 bits per heavy atom. The van der Waals surface area contributed by atoms with Gasteiger partial charge < -0.3 is 0 Å². The van der Waals surface area contributed by atoms with Crippen molar-refractivity contribution >= 4 is 0 Å². The highest BCUT2D eigenvalue weighted by molar-refractivity contribution is 5.27. The molecule has 0 amide bonds. The Kier molecular flexibility index (Phi) is 3.23. The maximum atomic E-state index is 2.60. The Labute approximate surface area is 132 Å². The summed E-state index contributed by atoms with van der Waals surface area (Å²) < 4.78 is 0. The fourth-order valence-corrected chi connectivity index (χ4v) is 4.68. The molecule has 5 fully saturated rings. The van der Waals surface area contributed by atoms with Crippen molar-refractivity contribution in [3.8, 4) is 0 Å². The van der Waals surface area contributed by atoms with Crippen LogP contribution in [0.1, 0.15) is 30.1 Å². The van der Waals surface area contributed by atoms with Gasteiger partial charge in [-0.05, 0) is 37.1 Å². The fourth-order valence-electron chi connectivity index (χ4n) is 4.68. The topological polar surface area (TPSA) is 16.2 Å². The van der Waals surface area contributed by atoms with E-state index in [4.69, 9.17) is 0 Å². The van der Waals surface area contributed by atoms with Crippen LogP contribution in [0.3, 0.4) is 0 Å². The van der Waals surface area contributed by atoms with Crippen molar-refractivity contribution in [2.24, 2.45) is 0 Å². The molecule has 5 heterocycles. The summed E-state index contributed by atoms with van der Waals surface area (Å²) in [6.07, 6.45) is 3.22. The molecule has 0 radical (unpaired) electrons. The molecule has 5 saturated heterocycles. The highest BCUT2D eigenvalue weighted by Crippen LogP contribution is 2.36. The highest BCUT2D eigenvalue weighted by Gasteiger charge is 2.43. The van der Waals surface area contributed by atoms with E-state index < -0.39 is 0 Å². The molecule has 1 aromatic carbocycles. The van der Waals surface area contributed by atoms with Crippen molar-refractivity contribution in [3.63, 3.8) is 0 Å². The average Bonchev–Trinajstić information content (AvgIpc) is 2.99. The summed E-state index contributed by atoms with van der Waals surface area (Å²) in [7, 11) is 0. The number of hydrogen-bond donors (Lipinski definition) is 0. The number of hydrogen-bond acceptors (Lipinski definition) is 5. The molecule has 5 nitrogen and oxygen atoms in total. The quantitative estimate of drug-likeness (QED) is 0.834. The lowest BCUT2D eigenvalue weighted by atomic mass is 10.0. The monoisotopic (exact) mass is 299 g/mol. The van der Waals surface area contributed by atoms with Crippen LogP contribution in [0, 0.1) is 0 Å². The maximum absolute atomic E-state index is 2.60. The molecule has 0 aromatic heterocycles. The first kappa shape index (κ1) is 13.5. The minimum Gasteiger partial charge on any atom is -0.299 e. The van der Waals surface area contributed by atoms with E-state index in [1.165, 1.54) is 37.1 Å². The average molecular weight is 299 g/mol. The third kappa shape index (κ3) is 2.28. The van der Waals surface area contributed by atoms with E-state index in [0.29, 0.717) is 6.17 Å². The van der Waals surface area contributed by atoms with E-state index in [1.807, 2.05) is 0 Å². The smallest absolute Gasteiger partial charge is 0.0927 e. The Morgan fingerprint density at radius 3 is 2.23 bits per heavy atom. The van der Waals surface area contributed by atoms with Crippen LogP contribution < -0.4 is 0 Å². The molecule has 0 N–H and O–H groups in total. The Balaban J connectivity index is 1.38. The minimum atomic E-state index is 0.478. The van der Waals surface area contributed by atoms with Crippen molar-refractivity contribution in [1.82, 2.24) is 24.5 Å². The Morgan fingerprint density at radius 2 is 1.55 bits per heavy atom. The van der Waals surface area contributed by atoms with Crippen LogP contribution in [-0.2, 0) is 6.54 Å². The van der Waals surface area contributed by atoms with Gasteiger partial charge >= 0.3 is 0 Å². The van der Waals surface area contributed by atoms with Gasteiger partial charge in [0.25, 0.3) is 0 Å². The number of likely N-dealkylation sites (tertiary alicyclic amines) is 1. The zero-order valence-corrected chi connectivity index (χ0v) is 13.2. The van der Waals surface area contributed by atoms with Gasteiger partial charge in [0.05, 0.1) is 39.5 Å². The largest absolute Gasteiger partial charge is 0.299 e. The van der Waals surface area contributed by atoms with Gasteiger partial charge in [-0.2, -0.15) is 0 Å². The normalized spacial score (nSPS) is 40.5. The van der Waals surface area contributed by atoms with Crippen molar-refractivity contribution in [3.05, 3.63) is 35.4 Å². The molecule has 0 atom stereocenters. The maximum Gasteiger partial charge on any atom is 0.0927 e. The lowest BCUT2D eigenvalue weighted by Crippen LogP contribution is -2.72. The highest BCUT2D eigenvalue weighted by atomic mass is 15.7. The number of benzene rings is 1. The summed E-state index contributed by atoms with van der Waals surface area (Å²) in [5.74, 6) is 0. The van der Waals surface area contributed by atoms with Gasteiger partial charge in [0.15, 0.2) is 0 Å². The van der Waals surface area contributed by atoms with Crippen LogP contribution in [0.25, 0.3) is 0 Å². The molecule has 5 heteroatoms. The van der Waals surface area contributed by atoms with Crippen LogP contribution in [0.5, 0.6) is 0 Å². The molecule has 6 rings (SSSR count). The summed E-state index contributed by atoms with van der Waals surface area (Å²) in [6, 6.07) is 9.34. The van der Waals surface area contributed by atoms with Crippen molar-refractivity contribution in [1.29, 1.82) is 0 Å². The molecule has 1 aromatic rings. The molecule has 0 aliphatic carbocycles. The standard InChI is InChI=1S/C17H25N5/c1-2-7-18(6-1)9-15-4-3-5-16(8-15)17-21-11-19-10-20(13-21)14-22(17)12-19/h3-5,8,17H,1-2,6-7,9-14H2. The SMILES string of the molecule is c1cc(CN2CCCC2)cc(C2N3CN4CN(C3)CN2C4)c1. The lowest BCUT2D eigenvalue weighted by molar-refractivity contribution is -0.233. The number of nitrogens with zero attached hydrogens (tertiary/aromatic N) is 5.